The van der Waals surface area contributed by atoms with Crippen LogP contribution in [-0.2, 0) is 0 Å². The Bertz CT molecular complexity index is 940. The number of hydrogen-bond donors (Lipinski definition) is 2. The van der Waals surface area contributed by atoms with E-state index in [1.165, 1.54) is 11.3 Å². The summed E-state index contributed by atoms with van der Waals surface area (Å²) in [6.07, 6.45) is 8.69. The van der Waals surface area contributed by atoms with Crippen molar-refractivity contribution in [2.24, 2.45) is 0 Å². The van der Waals surface area contributed by atoms with Crippen LogP contribution in [0, 0.1) is 22.1 Å². The number of nitrogens with one attached hydrogen (secondary N) is 2. The summed E-state index contributed by atoms with van der Waals surface area (Å²) in [5.74, 6) is 0. The molecule has 4 nitrogen and oxygen atoms in total. The van der Waals surface area contributed by atoms with Gasteiger partial charge in [-0.1, -0.05) is 43.0 Å². The summed E-state index contributed by atoms with van der Waals surface area (Å²) in [6, 6.07) is 10.9. The quantitative estimate of drug-likeness (QED) is 0.527. The van der Waals surface area contributed by atoms with Crippen LogP contribution in [0.15, 0.2) is 83.9 Å². The Hall–Kier alpha value is -3.36. The van der Waals surface area contributed by atoms with Gasteiger partial charge in [-0.15, -0.1) is 11.3 Å². The maximum Gasteiger partial charge on any atom is 0.142 e. The number of hydrogen-bond acceptors (Lipinski definition) is 5. The molecule has 0 aromatic carbocycles. The van der Waals surface area contributed by atoms with Crippen LogP contribution >= 0.6 is 11.3 Å². The van der Waals surface area contributed by atoms with Gasteiger partial charge in [-0.2, -0.15) is 5.26 Å². The van der Waals surface area contributed by atoms with E-state index in [4.69, 9.17) is 10.8 Å². The molecule has 0 atom stereocenters. The maximum absolute atomic E-state index is 9.40. The minimum atomic E-state index is -0.230. The van der Waals surface area contributed by atoms with Crippen LogP contribution in [-0.4, -0.2) is 16.4 Å². The number of aromatic nitrogens is 1. The molecule has 2 rings (SSSR count). The van der Waals surface area contributed by atoms with E-state index in [1.807, 2.05) is 42.7 Å². The smallest absolute Gasteiger partial charge is 0.142 e. The Morgan fingerprint density at radius 2 is 2.08 bits per heavy atom. The monoisotopic (exact) mass is 358 g/mol. The lowest BCUT2D eigenvalue weighted by atomic mass is 9.89. The van der Waals surface area contributed by atoms with E-state index in [2.05, 4.69) is 11.6 Å². The molecular formula is C21H18N4S. The third-order valence-corrected chi connectivity index (χ3v) is 4.45. The van der Waals surface area contributed by atoms with Crippen molar-refractivity contribution < 1.29 is 0 Å². The van der Waals surface area contributed by atoms with Gasteiger partial charge in [-0.3, -0.25) is 15.8 Å². The van der Waals surface area contributed by atoms with Crippen molar-refractivity contribution in [2.75, 3.05) is 0 Å². The van der Waals surface area contributed by atoms with E-state index in [0.717, 1.165) is 10.5 Å². The molecule has 26 heavy (non-hydrogen) atoms. The van der Waals surface area contributed by atoms with E-state index in [-0.39, 0.29) is 11.4 Å². The molecule has 0 aliphatic heterocycles. The molecule has 0 unspecified atom stereocenters. The van der Waals surface area contributed by atoms with Crippen LogP contribution in [0.25, 0.3) is 5.57 Å². The fraction of sp³-hybridized carbons (Fsp3) is 0.0476. The molecule has 128 valence electrons. The average molecular weight is 358 g/mol. The summed E-state index contributed by atoms with van der Waals surface area (Å²) in [6.45, 7) is 5.54. The second kappa shape index (κ2) is 9.21. The van der Waals surface area contributed by atoms with Crippen LogP contribution in [0.2, 0.25) is 0 Å². The summed E-state index contributed by atoms with van der Waals surface area (Å²) < 4.78 is 0. The molecule has 0 saturated heterocycles. The summed E-state index contributed by atoms with van der Waals surface area (Å²) in [5.41, 5.74) is 2.08. The van der Waals surface area contributed by atoms with Gasteiger partial charge in [-0.05, 0) is 36.1 Å². The molecule has 0 aliphatic rings. The molecule has 2 N–H and O–H groups in total. The predicted molar refractivity (Wildman–Crippen MR) is 109 cm³/mol. The van der Waals surface area contributed by atoms with Gasteiger partial charge in [0.25, 0.3) is 0 Å². The van der Waals surface area contributed by atoms with E-state index in [0.29, 0.717) is 16.8 Å². The first kappa shape index (κ1) is 19.0. The minimum Gasteiger partial charge on any atom is -0.299 e. The standard InChI is InChI=1S/C21H18N4S/c1-3-5-9-15(4-2)19(21(24)18-11-8-13-26-18)20(16(23)14-22)17-10-6-7-12-25-17/h3-13,23-24H,1H2,2H3/b9-5-,15-4+,20-19+,23-16?,24-21?. The fourth-order valence-electron chi connectivity index (χ4n) is 2.40. The molecule has 0 radical (unpaired) electrons. The molecule has 0 saturated carbocycles. The molecule has 5 heteroatoms. The Labute approximate surface area is 157 Å². The largest absolute Gasteiger partial charge is 0.299 e. The molecular weight excluding hydrogens is 340 g/mol. The highest BCUT2D eigenvalue weighted by molar-refractivity contribution is 7.12. The number of nitrogens with zero attached hydrogens (tertiary/aromatic N) is 2. The molecule has 0 fully saturated rings. The van der Waals surface area contributed by atoms with Crippen LogP contribution in [0.5, 0.6) is 0 Å². The molecule has 0 aliphatic carbocycles. The van der Waals surface area contributed by atoms with Crippen molar-refractivity contribution in [2.45, 2.75) is 6.92 Å². The fourth-order valence-corrected chi connectivity index (χ4v) is 3.08. The van der Waals surface area contributed by atoms with Gasteiger partial charge in [0, 0.05) is 17.3 Å². The third kappa shape index (κ3) is 4.18. The highest BCUT2D eigenvalue weighted by Gasteiger charge is 2.22. The highest BCUT2D eigenvalue weighted by Crippen LogP contribution is 2.29. The zero-order valence-corrected chi connectivity index (χ0v) is 15.2. The van der Waals surface area contributed by atoms with Gasteiger partial charge in [0.2, 0.25) is 0 Å². The Morgan fingerprint density at radius 1 is 1.27 bits per heavy atom. The van der Waals surface area contributed by atoms with E-state index < -0.39 is 0 Å². The normalized spacial score (nSPS) is 12.4. The van der Waals surface area contributed by atoms with Crippen LogP contribution in [0.4, 0.5) is 0 Å². The average Bonchev–Trinajstić information content (AvgIpc) is 3.22. The van der Waals surface area contributed by atoms with E-state index in [1.54, 1.807) is 36.5 Å². The SMILES string of the molecule is C=C\C=C/C(=C\C)C(/C(=N)c1cccs1)=C(/C(=N)C#N)c1ccccn1. The van der Waals surface area contributed by atoms with Crippen molar-refractivity contribution in [3.8, 4) is 6.07 Å². The zero-order chi connectivity index (χ0) is 18.9. The van der Waals surface area contributed by atoms with Gasteiger partial charge >= 0.3 is 0 Å². The van der Waals surface area contributed by atoms with Crippen molar-refractivity contribution >= 4 is 28.3 Å². The van der Waals surface area contributed by atoms with E-state index in [9.17, 15) is 5.26 Å². The number of nitriles is 1. The van der Waals surface area contributed by atoms with Crippen molar-refractivity contribution in [1.82, 2.24) is 4.98 Å². The maximum atomic E-state index is 9.40. The van der Waals surface area contributed by atoms with Crippen LogP contribution < -0.4 is 0 Å². The Morgan fingerprint density at radius 3 is 2.62 bits per heavy atom. The van der Waals surface area contributed by atoms with Gasteiger partial charge < -0.3 is 0 Å². The first-order valence-corrected chi connectivity index (χ1v) is 8.75. The van der Waals surface area contributed by atoms with Crippen molar-refractivity contribution in [3.63, 3.8) is 0 Å². The van der Waals surface area contributed by atoms with Crippen molar-refractivity contribution in [3.05, 3.63) is 94.5 Å². The second-order valence-corrected chi connectivity index (χ2v) is 6.09. The molecule has 2 aromatic rings. The van der Waals surface area contributed by atoms with Crippen molar-refractivity contribution in [1.29, 1.82) is 16.1 Å². The first-order chi connectivity index (χ1) is 12.6. The summed E-state index contributed by atoms with van der Waals surface area (Å²) in [5, 5.41) is 28.2. The minimum absolute atomic E-state index is 0.230. The van der Waals surface area contributed by atoms with Crippen LogP contribution in [0.3, 0.4) is 0 Å². The molecule has 0 spiro atoms. The second-order valence-electron chi connectivity index (χ2n) is 5.14. The number of rotatable bonds is 7. The summed E-state index contributed by atoms with van der Waals surface area (Å²) in [4.78, 5) is 5.07. The predicted octanol–water partition coefficient (Wildman–Crippen LogP) is 5.20. The lowest BCUT2D eigenvalue weighted by Crippen LogP contribution is -2.12. The number of pyridine rings is 1. The summed E-state index contributed by atoms with van der Waals surface area (Å²) in [7, 11) is 0. The van der Waals surface area contributed by atoms with E-state index >= 15 is 0 Å². The topological polar surface area (TPSA) is 84.4 Å². The molecule has 2 aromatic heterocycles. The summed E-state index contributed by atoms with van der Waals surface area (Å²) >= 11 is 1.44. The van der Waals surface area contributed by atoms with Gasteiger partial charge in [0.15, 0.2) is 0 Å². The lowest BCUT2D eigenvalue weighted by Gasteiger charge is -2.15. The molecule has 0 amide bonds. The van der Waals surface area contributed by atoms with Gasteiger partial charge in [-0.25, -0.2) is 0 Å². The Balaban J connectivity index is 2.85. The number of thiophene rings is 1. The first-order valence-electron chi connectivity index (χ1n) is 7.87. The molecule has 0 bridgehead atoms. The lowest BCUT2D eigenvalue weighted by molar-refractivity contribution is 1.27. The van der Waals surface area contributed by atoms with Gasteiger partial charge in [0.05, 0.1) is 16.3 Å². The molecule has 2 heterocycles. The third-order valence-electron chi connectivity index (χ3n) is 3.56. The highest BCUT2D eigenvalue weighted by atomic mass is 32.1. The van der Waals surface area contributed by atoms with Crippen LogP contribution in [0.1, 0.15) is 17.5 Å². The number of allylic oxidation sites excluding steroid dienone is 7. The Kier molecular flexibility index (Phi) is 6.72. The zero-order valence-electron chi connectivity index (χ0n) is 14.4. The van der Waals surface area contributed by atoms with Gasteiger partial charge in [0.1, 0.15) is 11.8 Å².